The third kappa shape index (κ3) is 51.2. The molecule has 0 unspecified atom stereocenters. The van der Waals surface area contributed by atoms with E-state index >= 15 is 0 Å². The normalized spacial score (nSPS) is 12.8. The van der Waals surface area contributed by atoms with Crippen LogP contribution in [0.2, 0.25) is 0 Å². The van der Waals surface area contributed by atoms with Gasteiger partial charge in [0.05, 0.1) is 0 Å². The second-order valence-corrected chi connectivity index (χ2v) is 17.4. The maximum atomic E-state index is 12.8. The first kappa shape index (κ1) is 61.3. The third-order valence-corrected chi connectivity index (χ3v) is 11.1. The van der Waals surface area contributed by atoms with Crippen LogP contribution in [0.25, 0.3) is 0 Å². The molecule has 0 radical (unpaired) electrons. The van der Waals surface area contributed by atoms with Crippen molar-refractivity contribution < 1.29 is 28.6 Å². The molecule has 0 aromatic rings. The first-order valence-electron chi connectivity index (χ1n) is 26.7. The molecule has 0 aliphatic heterocycles. The van der Waals surface area contributed by atoms with E-state index in [1.807, 2.05) is 6.08 Å². The maximum absolute atomic E-state index is 12.8. The fourth-order valence-corrected chi connectivity index (χ4v) is 7.03. The molecule has 1 atom stereocenters. The zero-order valence-electron chi connectivity index (χ0n) is 42.2. The predicted molar refractivity (Wildman–Crippen MR) is 279 cm³/mol. The van der Waals surface area contributed by atoms with Crippen molar-refractivity contribution in [1.82, 2.24) is 0 Å². The Hall–Kier alpha value is -3.67. The lowest BCUT2D eigenvalue weighted by Crippen LogP contribution is -2.30. The Kier molecular flexibility index (Phi) is 50.0. The molecule has 0 saturated carbocycles. The topological polar surface area (TPSA) is 78.9 Å². The highest BCUT2D eigenvalue weighted by atomic mass is 16.6. The molecule has 0 heterocycles. The van der Waals surface area contributed by atoms with Crippen LogP contribution in [-0.2, 0) is 28.6 Å². The van der Waals surface area contributed by atoms with Crippen molar-refractivity contribution in [2.24, 2.45) is 0 Å². The van der Waals surface area contributed by atoms with Gasteiger partial charge in [-0.25, -0.2) is 0 Å². The largest absolute Gasteiger partial charge is 0.462 e. The number of ether oxygens (including phenoxy) is 3. The molecule has 370 valence electrons. The molecular formula is C59H98O6. The minimum absolute atomic E-state index is 0.120. The Balaban J connectivity index is 4.56. The van der Waals surface area contributed by atoms with Gasteiger partial charge in [-0.05, 0) is 89.9 Å². The zero-order chi connectivity index (χ0) is 47.2. The Morgan fingerprint density at radius 2 is 0.600 bits per heavy atom. The molecular weight excluding hydrogens is 805 g/mol. The quantitative estimate of drug-likeness (QED) is 0.0262. The molecule has 0 rings (SSSR count). The fourth-order valence-electron chi connectivity index (χ4n) is 7.03. The van der Waals surface area contributed by atoms with E-state index in [-0.39, 0.29) is 44.0 Å². The summed E-state index contributed by atoms with van der Waals surface area (Å²) in [6, 6.07) is 0. The number of hydrogen-bond donors (Lipinski definition) is 0. The van der Waals surface area contributed by atoms with Gasteiger partial charge in [0, 0.05) is 19.3 Å². The van der Waals surface area contributed by atoms with Crippen molar-refractivity contribution in [2.75, 3.05) is 13.2 Å². The van der Waals surface area contributed by atoms with Crippen molar-refractivity contribution in [2.45, 2.75) is 245 Å². The summed E-state index contributed by atoms with van der Waals surface area (Å²) in [7, 11) is 0. The summed E-state index contributed by atoms with van der Waals surface area (Å²) in [4.78, 5) is 37.9. The van der Waals surface area contributed by atoms with Gasteiger partial charge in [0.2, 0.25) is 0 Å². The first-order chi connectivity index (χ1) is 32.0. The third-order valence-electron chi connectivity index (χ3n) is 11.1. The standard InChI is InChI=1S/C59H98O6/c1-4-7-10-13-16-19-22-24-26-28-29-31-32-34-37-40-43-46-49-52-58(61)64-55-56(54-63-57(60)51-48-45-42-39-36-21-18-15-12-9-6-3)65-59(62)53-50-47-44-41-38-35-33-30-27-25-23-20-17-14-11-8-5-2/h16,19,24-27,29,31,33-35,37,41,43-44,46,56H,4-15,17-18,20-23,28,30,32,36,38-40,42,45,47-55H2,1-3H3/b19-16-,26-24-,27-25-,31-29-,35-33-,37-34-,44-41-,46-43-/t56-/m0/s1. The van der Waals surface area contributed by atoms with Gasteiger partial charge in [0.1, 0.15) is 13.2 Å². The summed E-state index contributed by atoms with van der Waals surface area (Å²) >= 11 is 0. The SMILES string of the molecule is CCCCC/C=C\C/C=C\C/C=C\C/C=C\C/C=C\CCC(=O)OC[C@H](COC(=O)CCCCCCCCCCCCC)OC(=O)CCC/C=C\C/C=C\C/C=C\CCCCCCCC. The Morgan fingerprint density at radius 1 is 0.308 bits per heavy atom. The van der Waals surface area contributed by atoms with Crippen molar-refractivity contribution in [3.63, 3.8) is 0 Å². The Morgan fingerprint density at radius 3 is 1.03 bits per heavy atom. The van der Waals surface area contributed by atoms with Crippen molar-refractivity contribution in [3.8, 4) is 0 Å². The van der Waals surface area contributed by atoms with Gasteiger partial charge in [-0.2, -0.15) is 0 Å². The average Bonchev–Trinajstić information content (AvgIpc) is 3.30. The summed E-state index contributed by atoms with van der Waals surface area (Å²) in [5, 5.41) is 0. The van der Waals surface area contributed by atoms with Gasteiger partial charge in [-0.1, -0.05) is 227 Å². The smallest absolute Gasteiger partial charge is 0.306 e. The van der Waals surface area contributed by atoms with E-state index < -0.39 is 6.10 Å². The zero-order valence-corrected chi connectivity index (χ0v) is 42.2. The van der Waals surface area contributed by atoms with Crippen LogP contribution in [0.1, 0.15) is 239 Å². The van der Waals surface area contributed by atoms with Crippen LogP contribution in [0, 0.1) is 0 Å². The van der Waals surface area contributed by atoms with E-state index in [1.54, 1.807) is 0 Å². The van der Waals surface area contributed by atoms with Crippen LogP contribution in [0.15, 0.2) is 97.2 Å². The monoisotopic (exact) mass is 903 g/mol. The van der Waals surface area contributed by atoms with E-state index in [2.05, 4.69) is 112 Å². The Bertz CT molecular complexity index is 1310. The molecule has 0 bridgehead atoms. The van der Waals surface area contributed by atoms with E-state index in [0.29, 0.717) is 19.3 Å². The minimum atomic E-state index is -0.832. The first-order valence-corrected chi connectivity index (χ1v) is 26.7. The predicted octanol–water partition coefficient (Wildman–Crippen LogP) is 17.8. The molecule has 0 aromatic heterocycles. The minimum Gasteiger partial charge on any atom is -0.462 e. The number of unbranched alkanes of at least 4 members (excludes halogenated alkanes) is 20. The van der Waals surface area contributed by atoms with Crippen LogP contribution in [0.5, 0.6) is 0 Å². The number of carbonyl (C=O) groups excluding carboxylic acids is 3. The van der Waals surface area contributed by atoms with Crippen LogP contribution in [0.3, 0.4) is 0 Å². The molecule has 6 nitrogen and oxygen atoms in total. The van der Waals surface area contributed by atoms with E-state index in [9.17, 15) is 14.4 Å². The van der Waals surface area contributed by atoms with Crippen LogP contribution in [-0.4, -0.2) is 37.2 Å². The van der Waals surface area contributed by atoms with Crippen LogP contribution in [0.4, 0.5) is 0 Å². The second-order valence-electron chi connectivity index (χ2n) is 17.4. The second kappa shape index (κ2) is 52.9. The number of allylic oxidation sites excluding steroid dienone is 16. The summed E-state index contributed by atoms with van der Waals surface area (Å²) in [5.74, 6) is -1.06. The van der Waals surface area contributed by atoms with Crippen molar-refractivity contribution >= 4 is 17.9 Å². The molecule has 0 aliphatic carbocycles. The van der Waals surface area contributed by atoms with Gasteiger partial charge in [-0.3, -0.25) is 14.4 Å². The molecule has 0 spiro atoms. The Labute approximate surface area is 400 Å². The van der Waals surface area contributed by atoms with Gasteiger partial charge < -0.3 is 14.2 Å². The number of esters is 3. The summed E-state index contributed by atoms with van der Waals surface area (Å²) in [6.07, 6.45) is 69.8. The highest BCUT2D eigenvalue weighted by Crippen LogP contribution is 2.13. The molecule has 6 heteroatoms. The number of rotatable bonds is 47. The molecule has 0 aliphatic rings. The average molecular weight is 903 g/mol. The van der Waals surface area contributed by atoms with Crippen molar-refractivity contribution in [1.29, 1.82) is 0 Å². The highest BCUT2D eigenvalue weighted by Gasteiger charge is 2.19. The number of carbonyl (C=O) groups is 3. The van der Waals surface area contributed by atoms with Gasteiger partial charge >= 0.3 is 17.9 Å². The lowest BCUT2D eigenvalue weighted by atomic mass is 10.1. The lowest BCUT2D eigenvalue weighted by molar-refractivity contribution is -0.166. The van der Waals surface area contributed by atoms with E-state index in [4.69, 9.17) is 14.2 Å². The van der Waals surface area contributed by atoms with Gasteiger partial charge in [0.25, 0.3) is 0 Å². The molecule has 0 amide bonds. The van der Waals surface area contributed by atoms with Crippen molar-refractivity contribution in [3.05, 3.63) is 97.2 Å². The molecule has 0 N–H and O–H groups in total. The summed E-state index contributed by atoms with van der Waals surface area (Å²) in [6.45, 7) is 6.48. The van der Waals surface area contributed by atoms with Crippen LogP contribution < -0.4 is 0 Å². The number of hydrogen-bond acceptors (Lipinski definition) is 6. The highest BCUT2D eigenvalue weighted by molar-refractivity contribution is 5.71. The summed E-state index contributed by atoms with van der Waals surface area (Å²) < 4.78 is 16.7. The van der Waals surface area contributed by atoms with Crippen LogP contribution >= 0.6 is 0 Å². The van der Waals surface area contributed by atoms with Gasteiger partial charge in [-0.15, -0.1) is 0 Å². The maximum Gasteiger partial charge on any atom is 0.306 e. The lowest BCUT2D eigenvalue weighted by Gasteiger charge is -2.18. The van der Waals surface area contributed by atoms with E-state index in [0.717, 1.165) is 64.2 Å². The molecule has 65 heavy (non-hydrogen) atoms. The van der Waals surface area contributed by atoms with E-state index in [1.165, 1.54) is 122 Å². The molecule has 0 aromatic carbocycles. The fraction of sp³-hybridized carbons (Fsp3) is 0.678. The molecule has 0 saturated heterocycles. The van der Waals surface area contributed by atoms with Gasteiger partial charge in [0.15, 0.2) is 6.10 Å². The summed E-state index contributed by atoms with van der Waals surface area (Å²) in [5.41, 5.74) is 0. The molecule has 0 fully saturated rings.